The SMILES string of the molecule is COC(=O)[C@H]1CC[C@@H](N)C1.Cl. The van der Waals surface area contributed by atoms with Crippen LogP contribution in [0.2, 0.25) is 0 Å². The van der Waals surface area contributed by atoms with Gasteiger partial charge in [-0.1, -0.05) is 0 Å². The predicted molar refractivity (Wildman–Crippen MR) is 44.6 cm³/mol. The summed E-state index contributed by atoms with van der Waals surface area (Å²) in [5, 5.41) is 0. The summed E-state index contributed by atoms with van der Waals surface area (Å²) in [5.41, 5.74) is 5.61. The summed E-state index contributed by atoms with van der Waals surface area (Å²) in [6.45, 7) is 0. The Morgan fingerprint density at radius 2 is 2.18 bits per heavy atom. The average molecular weight is 180 g/mol. The highest BCUT2D eigenvalue weighted by atomic mass is 35.5. The third-order valence-electron chi connectivity index (χ3n) is 2.01. The van der Waals surface area contributed by atoms with Crippen molar-refractivity contribution in [3.8, 4) is 0 Å². The number of carbonyl (C=O) groups is 1. The average Bonchev–Trinajstić information content (AvgIpc) is 2.34. The molecule has 1 saturated carbocycles. The van der Waals surface area contributed by atoms with Gasteiger partial charge in [-0.2, -0.15) is 0 Å². The molecule has 1 rings (SSSR count). The number of halogens is 1. The van der Waals surface area contributed by atoms with Crippen LogP contribution in [0, 0.1) is 5.92 Å². The van der Waals surface area contributed by atoms with Crippen LogP contribution < -0.4 is 5.73 Å². The molecule has 1 aliphatic rings. The van der Waals surface area contributed by atoms with Gasteiger partial charge in [0.1, 0.15) is 0 Å². The fourth-order valence-corrected chi connectivity index (χ4v) is 1.40. The monoisotopic (exact) mass is 179 g/mol. The quantitative estimate of drug-likeness (QED) is 0.604. The molecular formula is C7H14ClNO2. The standard InChI is InChI=1S/C7H13NO2.ClH/c1-10-7(9)5-2-3-6(8)4-5;/h5-6H,2-4,8H2,1H3;1H/t5-,6+;/m0./s1. The summed E-state index contributed by atoms with van der Waals surface area (Å²) in [6, 6.07) is 0.212. The molecule has 0 spiro atoms. The molecule has 1 fully saturated rings. The van der Waals surface area contributed by atoms with Crippen molar-refractivity contribution >= 4 is 18.4 Å². The van der Waals surface area contributed by atoms with Crippen LogP contribution in [0.25, 0.3) is 0 Å². The number of carbonyl (C=O) groups excluding carboxylic acids is 1. The van der Waals surface area contributed by atoms with Gasteiger partial charge in [0, 0.05) is 6.04 Å². The second-order valence-corrected chi connectivity index (χ2v) is 2.79. The molecule has 1 aliphatic carbocycles. The van der Waals surface area contributed by atoms with Gasteiger partial charge in [0.2, 0.25) is 0 Å². The third kappa shape index (κ3) is 2.67. The van der Waals surface area contributed by atoms with Crippen molar-refractivity contribution in [3.05, 3.63) is 0 Å². The summed E-state index contributed by atoms with van der Waals surface area (Å²) >= 11 is 0. The second-order valence-electron chi connectivity index (χ2n) is 2.79. The molecule has 4 heteroatoms. The molecule has 0 bridgehead atoms. The van der Waals surface area contributed by atoms with E-state index in [9.17, 15) is 4.79 Å². The predicted octanol–water partition coefficient (Wildman–Crippen LogP) is 0.709. The van der Waals surface area contributed by atoms with E-state index >= 15 is 0 Å². The molecule has 0 aromatic heterocycles. The van der Waals surface area contributed by atoms with Crippen molar-refractivity contribution in [1.29, 1.82) is 0 Å². The fraction of sp³-hybridized carbons (Fsp3) is 0.857. The van der Waals surface area contributed by atoms with Crippen LogP contribution in [0.1, 0.15) is 19.3 Å². The van der Waals surface area contributed by atoms with Crippen LogP contribution in [-0.2, 0) is 9.53 Å². The van der Waals surface area contributed by atoms with E-state index in [1.807, 2.05) is 0 Å². The van der Waals surface area contributed by atoms with Gasteiger partial charge >= 0.3 is 5.97 Å². The Labute approximate surface area is 72.7 Å². The Balaban J connectivity index is 0.000001000. The largest absolute Gasteiger partial charge is 0.469 e. The zero-order chi connectivity index (χ0) is 7.56. The van der Waals surface area contributed by atoms with Crippen molar-refractivity contribution in [2.75, 3.05) is 7.11 Å². The lowest BCUT2D eigenvalue weighted by molar-refractivity contribution is -0.145. The second kappa shape index (κ2) is 4.57. The van der Waals surface area contributed by atoms with Gasteiger partial charge in [0.05, 0.1) is 13.0 Å². The van der Waals surface area contributed by atoms with Gasteiger partial charge in [-0.3, -0.25) is 4.79 Å². The van der Waals surface area contributed by atoms with E-state index in [4.69, 9.17) is 5.73 Å². The Kier molecular flexibility index (Phi) is 4.45. The van der Waals surface area contributed by atoms with Crippen LogP contribution in [0.5, 0.6) is 0 Å². The van der Waals surface area contributed by atoms with Crippen LogP contribution in [0.15, 0.2) is 0 Å². The molecule has 0 saturated heterocycles. The van der Waals surface area contributed by atoms with Crippen molar-refractivity contribution in [1.82, 2.24) is 0 Å². The number of esters is 1. The normalized spacial score (nSPS) is 29.3. The lowest BCUT2D eigenvalue weighted by Crippen LogP contribution is -2.18. The van der Waals surface area contributed by atoms with Crippen molar-refractivity contribution in [2.45, 2.75) is 25.3 Å². The first-order chi connectivity index (χ1) is 4.74. The summed E-state index contributed by atoms with van der Waals surface area (Å²) in [5.74, 6) is -0.0343. The summed E-state index contributed by atoms with van der Waals surface area (Å²) < 4.78 is 4.59. The zero-order valence-corrected chi connectivity index (χ0v) is 7.39. The highest BCUT2D eigenvalue weighted by molar-refractivity contribution is 5.85. The maximum Gasteiger partial charge on any atom is 0.308 e. The fourth-order valence-electron chi connectivity index (χ4n) is 1.40. The molecule has 0 amide bonds. The van der Waals surface area contributed by atoms with Crippen LogP contribution in [0.3, 0.4) is 0 Å². The molecule has 0 aromatic carbocycles. The van der Waals surface area contributed by atoms with E-state index < -0.39 is 0 Å². The Bertz CT molecular complexity index is 140. The van der Waals surface area contributed by atoms with Gasteiger partial charge in [0.15, 0.2) is 0 Å². The minimum absolute atomic E-state index is 0. The van der Waals surface area contributed by atoms with Crippen molar-refractivity contribution < 1.29 is 9.53 Å². The third-order valence-corrected chi connectivity index (χ3v) is 2.01. The summed E-state index contributed by atoms with van der Waals surface area (Å²) in [6.07, 6.45) is 2.65. The zero-order valence-electron chi connectivity index (χ0n) is 6.58. The molecule has 2 atom stereocenters. The van der Waals surface area contributed by atoms with E-state index in [1.165, 1.54) is 7.11 Å². The van der Waals surface area contributed by atoms with Crippen molar-refractivity contribution in [2.24, 2.45) is 11.7 Å². The molecule has 0 aromatic rings. The molecule has 2 N–H and O–H groups in total. The van der Waals surface area contributed by atoms with Gasteiger partial charge in [-0.25, -0.2) is 0 Å². The number of rotatable bonds is 1. The minimum Gasteiger partial charge on any atom is -0.469 e. The summed E-state index contributed by atoms with van der Waals surface area (Å²) in [7, 11) is 1.42. The maximum atomic E-state index is 10.9. The van der Waals surface area contributed by atoms with E-state index in [-0.39, 0.29) is 30.3 Å². The van der Waals surface area contributed by atoms with E-state index in [2.05, 4.69) is 4.74 Å². The Morgan fingerprint density at radius 3 is 2.55 bits per heavy atom. The van der Waals surface area contributed by atoms with Crippen molar-refractivity contribution in [3.63, 3.8) is 0 Å². The van der Waals surface area contributed by atoms with Crippen LogP contribution in [-0.4, -0.2) is 19.1 Å². The van der Waals surface area contributed by atoms with Gasteiger partial charge in [-0.05, 0) is 19.3 Å². The van der Waals surface area contributed by atoms with Crippen LogP contribution in [0.4, 0.5) is 0 Å². The molecule has 3 nitrogen and oxygen atoms in total. The van der Waals surface area contributed by atoms with Gasteiger partial charge < -0.3 is 10.5 Å². The first-order valence-corrected chi connectivity index (χ1v) is 3.57. The van der Waals surface area contributed by atoms with E-state index in [0.29, 0.717) is 0 Å². The maximum absolute atomic E-state index is 10.9. The topological polar surface area (TPSA) is 52.3 Å². The first-order valence-electron chi connectivity index (χ1n) is 3.57. The molecule has 11 heavy (non-hydrogen) atoms. The number of hydrogen-bond donors (Lipinski definition) is 1. The Hall–Kier alpha value is -0.280. The van der Waals surface area contributed by atoms with E-state index in [1.54, 1.807) is 0 Å². The highest BCUT2D eigenvalue weighted by Crippen LogP contribution is 2.24. The molecule has 0 aliphatic heterocycles. The lowest BCUT2D eigenvalue weighted by Gasteiger charge is -2.04. The lowest BCUT2D eigenvalue weighted by atomic mass is 10.1. The van der Waals surface area contributed by atoms with Gasteiger partial charge in [-0.15, -0.1) is 12.4 Å². The molecule has 66 valence electrons. The van der Waals surface area contributed by atoms with E-state index in [0.717, 1.165) is 19.3 Å². The number of nitrogens with two attached hydrogens (primary N) is 1. The summed E-state index contributed by atoms with van der Waals surface area (Å²) in [4.78, 5) is 10.9. The molecular weight excluding hydrogens is 166 g/mol. The smallest absolute Gasteiger partial charge is 0.308 e. The first kappa shape index (κ1) is 10.7. The molecule has 0 unspecified atom stereocenters. The number of methoxy groups -OCH3 is 1. The Morgan fingerprint density at radius 1 is 1.55 bits per heavy atom. The number of ether oxygens (including phenoxy) is 1. The van der Waals surface area contributed by atoms with Gasteiger partial charge in [0.25, 0.3) is 0 Å². The molecule has 0 heterocycles. The minimum atomic E-state index is -0.104. The number of hydrogen-bond acceptors (Lipinski definition) is 3. The highest BCUT2D eigenvalue weighted by Gasteiger charge is 2.27. The van der Waals surface area contributed by atoms with Crippen LogP contribution >= 0.6 is 12.4 Å². The molecule has 0 radical (unpaired) electrons.